The van der Waals surface area contributed by atoms with Crippen LogP contribution in [0, 0.1) is 17.6 Å². The highest BCUT2D eigenvalue weighted by molar-refractivity contribution is 8.14. The Kier molecular flexibility index (Phi) is 5.42. The Bertz CT molecular complexity index is 679. The van der Waals surface area contributed by atoms with Crippen LogP contribution in [0.2, 0.25) is 0 Å². The fraction of sp³-hybridized carbons (Fsp3) is 0.350. The third-order valence-corrected chi connectivity index (χ3v) is 6.32. The van der Waals surface area contributed by atoms with E-state index in [2.05, 4.69) is 0 Å². The Hall–Kier alpha value is -1.88. The van der Waals surface area contributed by atoms with Crippen LogP contribution < -0.4 is 5.73 Å². The molecule has 0 heterocycles. The number of hydrogen-bond donors (Lipinski definition) is 1. The second-order valence-corrected chi connectivity index (χ2v) is 7.76. The van der Waals surface area contributed by atoms with Crippen LogP contribution >= 0.6 is 11.8 Å². The number of amides is 1. The first kappa shape index (κ1) is 17.9. The number of hydrogen-bond acceptors (Lipinski definition) is 2. The predicted octanol–water partition coefficient (Wildman–Crippen LogP) is 5.60. The standard InChI is InChI=1S/C20H21F2NOS/c21-17-10-6-15(7-11-17)20(25-19(23)24,14-4-2-1-3-5-14)16-8-12-18(22)13-9-16/h6-14H,1-5H2,(H2,23,24). The minimum Gasteiger partial charge on any atom is -0.360 e. The lowest BCUT2D eigenvalue weighted by Crippen LogP contribution is -2.37. The van der Waals surface area contributed by atoms with Gasteiger partial charge in [-0.2, -0.15) is 0 Å². The Labute approximate surface area is 150 Å². The second-order valence-electron chi connectivity index (χ2n) is 6.51. The molecule has 1 saturated carbocycles. The summed E-state index contributed by atoms with van der Waals surface area (Å²) in [6, 6.07) is 12.4. The SMILES string of the molecule is NC(=O)SC(c1ccc(F)cc1)(c1ccc(F)cc1)C1CCCCC1. The molecule has 2 aromatic rings. The van der Waals surface area contributed by atoms with Gasteiger partial charge in [0.1, 0.15) is 11.6 Å². The fourth-order valence-electron chi connectivity index (χ4n) is 3.90. The van der Waals surface area contributed by atoms with Crippen molar-refractivity contribution in [3.8, 4) is 0 Å². The van der Waals surface area contributed by atoms with Crippen LogP contribution in [0.5, 0.6) is 0 Å². The Morgan fingerprint density at radius 1 is 0.880 bits per heavy atom. The number of benzene rings is 2. The van der Waals surface area contributed by atoms with Gasteiger partial charge in [0.25, 0.3) is 5.24 Å². The quantitative estimate of drug-likeness (QED) is 0.770. The van der Waals surface area contributed by atoms with Crippen LogP contribution in [-0.4, -0.2) is 5.24 Å². The molecule has 0 spiro atoms. The van der Waals surface area contributed by atoms with E-state index in [4.69, 9.17) is 5.73 Å². The van der Waals surface area contributed by atoms with Gasteiger partial charge < -0.3 is 5.73 Å². The van der Waals surface area contributed by atoms with Gasteiger partial charge in [-0.1, -0.05) is 43.5 Å². The van der Waals surface area contributed by atoms with Crippen molar-refractivity contribution in [3.05, 3.63) is 71.3 Å². The van der Waals surface area contributed by atoms with Gasteiger partial charge in [-0.3, -0.25) is 4.79 Å². The molecule has 1 fully saturated rings. The highest BCUT2D eigenvalue weighted by atomic mass is 32.2. The molecule has 132 valence electrons. The molecular formula is C20H21F2NOS. The minimum absolute atomic E-state index is 0.176. The predicted molar refractivity (Wildman–Crippen MR) is 97.3 cm³/mol. The summed E-state index contributed by atoms with van der Waals surface area (Å²) in [5.74, 6) is -0.483. The van der Waals surface area contributed by atoms with Crippen molar-refractivity contribution >= 4 is 17.0 Å². The maximum absolute atomic E-state index is 13.5. The third kappa shape index (κ3) is 3.71. The van der Waals surface area contributed by atoms with Gasteiger partial charge >= 0.3 is 0 Å². The summed E-state index contributed by atoms with van der Waals surface area (Å²) in [7, 11) is 0. The molecular weight excluding hydrogens is 340 g/mol. The van der Waals surface area contributed by atoms with Crippen molar-refractivity contribution in [2.45, 2.75) is 36.9 Å². The van der Waals surface area contributed by atoms with Gasteiger partial charge in [0.15, 0.2) is 0 Å². The largest absolute Gasteiger partial charge is 0.360 e. The first-order valence-electron chi connectivity index (χ1n) is 8.53. The van der Waals surface area contributed by atoms with E-state index in [0.29, 0.717) is 0 Å². The molecule has 5 heteroatoms. The van der Waals surface area contributed by atoms with E-state index < -0.39 is 9.99 Å². The van der Waals surface area contributed by atoms with Crippen LogP contribution in [0.25, 0.3) is 0 Å². The Morgan fingerprint density at radius 3 is 1.72 bits per heavy atom. The van der Waals surface area contributed by atoms with E-state index >= 15 is 0 Å². The van der Waals surface area contributed by atoms with Gasteiger partial charge in [-0.05, 0) is 65.9 Å². The van der Waals surface area contributed by atoms with Crippen LogP contribution in [0.3, 0.4) is 0 Å². The van der Waals surface area contributed by atoms with Crippen LogP contribution in [-0.2, 0) is 4.75 Å². The van der Waals surface area contributed by atoms with Crippen LogP contribution in [0.15, 0.2) is 48.5 Å². The number of halogens is 2. The molecule has 0 atom stereocenters. The zero-order valence-corrected chi connectivity index (χ0v) is 14.7. The molecule has 0 bridgehead atoms. The number of thioether (sulfide) groups is 1. The van der Waals surface area contributed by atoms with Crippen LogP contribution in [0.1, 0.15) is 43.2 Å². The van der Waals surface area contributed by atoms with Gasteiger partial charge in [-0.25, -0.2) is 8.78 Å². The highest BCUT2D eigenvalue weighted by Crippen LogP contribution is 2.53. The van der Waals surface area contributed by atoms with E-state index in [9.17, 15) is 13.6 Å². The van der Waals surface area contributed by atoms with Crippen molar-refractivity contribution in [1.29, 1.82) is 0 Å². The van der Waals surface area contributed by atoms with Crippen LogP contribution in [0.4, 0.5) is 13.6 Å². The molecule has 1 aliphatic carbocycles. The molecule has 2 nitrogen and oxygen atoms in total. The molecule has 0 aliphatic heterocycles. The second kappa shape index (κ2) is 7.56. The lowest BCUT2D eigenvalue weighted by atomic mass is 9.72. The minimum atomic E-state index is -0.729. The van der Waals surface area contributed by atoms with E-state index in [1.807, 2.05) is 0 Å². The average Bonchev–Trinajstić information content (AvgIpc) is 2.62. The van der Waals surface area contributed by atoms with Crippen molar-refractivity contribution in [2.24, 2.45) is 11.7 Å². The summed E-state index contributed by atoms with van der Waals surface area (Å²) >= 11 is 1.07. The lowest BCUT2D eigenvalue weighted by molar-refractivity contribution is 0.265. The topological polar surface area (TPSA) is 43.1 Å². The highest BCUT2D eigenvalue weighted by Gasteiger charge is 2.44. The van der Waals surface area contributed by atoms with Gasteiger partial charge in [-0.15, -0.1) is 0 Å². The monoisotopic (exact) mass is 361 g/mol. The number of carbonyl (C=O) groups is 1. The summed E-state index contributed by atoms with van der Waals surface area (Å²) in [5, 5.41) is -0.487. The number of rotatable bonds is 4. The Morgan fingerprint density at radius 2 is 1.32 bits per heavy atom. The molecule has 25 heavy (non-hydrogen) atoms. The molecule has 0 unspecified atom stereocenters. The van der Waals surface area contributed by atoms with Gasteiger partial charge in [0.05, 0.1) is 4.75 Å². The van der Waals surface area contributed by atoms with E-state index in [0.717, 1.165) is 48.6 Å². The van der Waals surface area contributed by atoms with Gasteiger partial charge in [0.2, 0.25) is 0 Å². The Balaban J connectivity index is 2.19. The molecule has 0 aromatic heterocycles. The van der Waals surface area contributed by atoms with Crippen molar-refractivity contribution in [1.82, 2.24) is 0 Å². The lowest BCUT2D eigenvalue weighted by Gasteiger charge is -2.42. The molecule has 2 aromatic carbocycles. The summed E-state index contributed by atoms with van der Waals surface area (Å²) in [5.41, 5.74) is 7.26. The fourth-order valence-corrected chi connectivity index (χ4v) is 5.13. The van der Waals surface area contributed by atoms with Crippen molar-refractivity contribution < 1.29 is 13.6 Å². The number of carbonyl (C=O) groups excluding carboxylic acids is 1. The van der Waals surface area contributed by atoms with Crippen molar-refractivity contribution in [2.75, 3.05) is 0 Å². The zero-order chi connectivity index (χ0) is 17.9. The van der Waals surface area contributed by atoms with Crippen molar-refractivity contribution in [3.63, 3.8) is 0 Å². The normalized spacial score (nSPS) is 15.9. The maximum atomic E-state index is 13.5. The summed E-state index contributed by atoms with van der Waals surface area (Å²) < 4.78 is 26.2. The maximum Gasteiger partial charge on any atom is 0.277 e. The molecule has 0 saturated heterocycles. The summed E-state index contributed by atoms with van der Waals surface area (Å²) in [6.45, 7) is 0. The molecule has 1 amide bonds. The molecule has 1 aliphatic rings. The first-order valence-corrected chi connectivity index (χ1v) is 9.34. The number of nitrogens with two attached hydrogens (primary N) is 1. The number of primary amides is 1. The first-order chi connectivity index (χ1) is 12.0. The van der Waals surface area contributed by atoms with Gasteiger partial charge in [0, 0.05) is 0 Å². The molecule has 0 radical (unpaired) electrons. The average molecular weight is 361 g/mol. The third-order valence-electron chi connectivity index (χ3n) is 4.99. The summed E-state index contributed by atoms with van der Waals surface area (Å²) in [4.78, 5) is 12.0. The van der Waals surface area contributed by atoms with E-state index in [1.165, 1.54) is 30.7 Å². The molecule has 2 N–H and O–H groups in total. The molecule has 3 rings (SSSR count). The smallest absolute Gasteiger partial charge is 0.277 e. The zero-order valence-electron chi connectivity index (χ0n) is 13.9. The van der Waals surface area contributed by atoms with E-state index in [-0.39, 0.29) is 17.6 Å². The summed E-state index contributed by atoms with van der Waals surface area (Å²) in [6.07, 6.45) is 5.23. The van der Waals surface area contributed by atoms with E-state index in [1.54, 1.807) is 24.3 Å².